The minimum atomic E-state index is 0.0764. The number of rotatable bonds is 0. The van der Waals surface area contributed by atoms with E-state index in [-0.39, 0.29) is 5.54 Å². The van der Waals surface area contributed by atoms with Crippen molar-refractivity contribution in [2.45, 2.75) is 39.2 Å². The Labute approximate surface area is 70.8 Å². The van der Waals surface area contributed by atoms with Crippen LogP contribution in [0.4, 0.5) is 0 Å². The summed E-state index contributed by atoms with van der Waals surface area (Å²) < 4.78 is 0. The fourth-order valence-corrected chi connectivity index (χ4v) is 1.53. The Kier molecular flexibility index (Phi) is 4.69. The third-order valence-electron chi connectivity index (χ3n) is 1.92. The highest BCUT2D eigenvalue weighted by molar-refractivity contribution is 4.85. The van der Waals surface area contributed by atoms with Crippen LogP contribution in [0.1, 0.15) is 33.6 Å². The van der Waals surface area contributed by atoms with Crippen LogP contribution in [0, 0.1) is 0 Å². The quantitative estimate of drug-likeness (QED) is 0.578. The van der Waals surface area contributed by atoms with E-state index in [9.17, 15) is 0 Å². The van der Waals surface area contributed by atoms with Crippen LogP contribution in [0.5, 0.6) is 0 Å². The average molecular weight is 158 g/mol. The Balaban J connectivity index is 0.000000461. The van der Waals surface area contributed by atoms with Gasteiger partial charge in [0.1, 0.15) is 0 Å². The highest BCUT2D eigenvalue weighted by Crippen LogP contribution is 2.15. The molecule has 2 heteroatoms. The van der Waals surface area contributed by atoms with Crippen molar-refractivity contribution >= 4 is 0 Å². The fraction of sp³-hybridized carbons (Fsp3) is 1.00. The second-order valence-electron chi connectivity index (χ2n) is 3.50. The molecule has 1 atom stereocenters. The molecule has 1 rings (SSSR count). The van der Waals surface area contributed by atoms with Gasteiger partial charge in [0.2, 0.25) is 0 Å². The molecule has 0 aromatic carbocycles. The zero-order valence-electron chi connectivity index (χ0n) is 8.35. The summed E-state index contributed by atoms with van der Waals surface area (Å²) in [5.41, 5.74) is 6.00. The summed E-state index contributed by atoms with van der Waals surface area (Å²) in [4.78, 5) is 2.30. The van der Waals surface area contributed by atoms with Crippen LogP contribution in [0.3, 0.4) is 0 Å². The smallest absolute Gasteiger partial charge is 0.0255 e. The minimum absolute atomic E-state index is 0.0764. The lowest BCUT2D eigenvalue weighted by Gasteiger charge is -2.35. The van der Waals surface area contributed by atoms with E-state index in [2.05, 4.69) is 18.9 Å². The standard InChI is InChI=1S/C7H16N2.C2H6/c1-7(8)4-3-5-9(2)6-7;1-2/h3-6,8H2,1-2H3;1-2H3. The first-order valence-corrected chi connectivity index (χ1v) is 4.58. The maximum atomic E-state index is 5.93. The van der Waals surface area contributed by atoms with Crippen LogP contribution in [0.15, 0.2) is 0 Å². The van der Waals surface area contributed by atoms with Gasteiger partial charge in [-0.3, -0.25) is 0 Å². The largest absolute Gasteiger partial charge is 0.324 e. The second-order valence-corrected chi connectivity index (χ2v) is 3.50. The monoisotopic (exact) mass is 158 g/mol. The Morgan fingerprint density at radius 3 is 2.18 bits per heavy atom. The molecule has 1 saturated heterocycles. The fourth-order valence-electron chi connectivity index (χ4n) is 1.53. The molecule has 0 aliphatic carbocycles. The lowest BCUT2D eigenvalue weighted by atomic mass is 9.93. The average Bonchev–Trinajstić information content (AvgIpc) is 1.89. The van der Waals surface area contributed by atoms with Gasteiger partial charge < -0.3 is 10.6 Å². The number of likely N-dealkylation sites (tertiary alicyclic amines) is 1. The summed E-state index contributed by atoms with van der Waals surface area (Å²) in [5, 5.41) is 0. The Bertz CT molecular complexity index is 99.7. The molecule has 11 heavy (non-hydrogen) atoms. The molecule has 1 fully saturated rings. The lowest BCUT2D eigenvalue weighted by Crippen LogP contribution is -2.50. The topological polar surface area (TPSA) is 29.3 Å². The number of piperidine rings is 1. The number of likely N-dealkylation sites (N-methyl/N-ethyl adjacent to an activating group) is 1. The zero-order valence-corrected chi connectivity index (χ0v) is 8.35. The van der Waals surface area contributed by atoms with E-state index in [0.29, 0.717) is 0 Å². The predicted octanol–water partition coefficient (Wildman–Crippen LogP) is 1.46. The van der Waals surface area contributed by atoms with E-state index in [1.165, 1.54) is 19.4 Å². The molecule has 0 radical (unpaired) electrons. The van der Waals surface area contributed by atoms with Crippen molar-refractivity contribution < 1.29 is 0 Å². The molecule has 68 valence electrons. The Morgan fingerprint density at radius 1 is 1.36 bits per heavy atom. The molecule has 0 saturated carbocycles. The predicted molar refractivity (Wildman–Crippen MR) is 50.7 cm³/mol. The SMILES string of the molecule is CC.CN1CCCC(C)(N)C1. The molecule has 0 aromatic heterocycles. The van der Waals surface area contributed by atoms with Gasteiger partial charge in [-0.15, -0.1) is 0 Å². The van der Waals surface area contributed by atoms with Crippen LogP contribution in [-0.4, -0.2) is 30.6 Å². The molecule has 0 amide bonds. The van der Waals surface area contributed by atoms with E-state index in [1.54, 1.807) is 0 Å². The molecule has 0 spiro atoms. The van der Waals surface area contributed by atoms with Crippen LogP contribution in [-0.2, 0) is 0 Å². The summed E-state index contributed by atoms with van der Waals surface area (Å²) in [6.07, 6.45) is 2.43. The van der Waals surface area contributed by atoms with E-state index >= 15 is 0 Å². The first-order valence-electron chi connectivity index (χ1n) is 4.58. The zero-order chi connectivity index (χ0) is 8.91. The molecule has 2 N–H and O–H groups in total. The Hall–Kier alpha value is -0.0800. The third-order valence-corrected chi connectivity index (χ3v) is 1.92. The summed E-state index contributed by atoms with van der Waals surface area (Å²) in [7, 11) is 2.13. The Morgan fingerprint density at radius 2 is 1.91 bits per heavy atom. The van der Waals surface area contributed by atoms with Gasteiger partial charge in [-0.1, -0.05) is 13.8 Å². The van der Waals surface area contributed by atoms with Crippen molar-refractivity contribution in [3.8, 4) is 0 Å². The van der Waals surface area contributed by atoms with Crippen molar-refractivity contribution in [2.75, 3.05) is 20.1 Å². The molecule has 0 bridgehead atoms. The van der Waals surface area contributed by atoms with Crippen LogP contribution < -0.4 is 5.73 Å². The van der Waals surface area contributed by atoms with Gasteiger partial charge in [-0.25, -0.2) is 0 Å². The first-order chi connectivity index (χ1) is 5.10. The molecule has 2 nitrogen and oxygen atoms in total. The summed E-state index contributed by atoms with van der Waals surface area (Å²) in [6, 6.07) is 0. The van der Waals surface area contributed by atoms with E-state index in [0.717, 1.165) is 6.54 Å². The van der Waals surface area contributed by atoms with Crippen molar-refractivity contribution in [3.05, 3.63) is 0 Å². The number of nitrogens with two attached hydrogens (primary N) is 1. The van der Waals surface area contributed by atoms with Gasteiger partial charge in [0.05, 0.1) is 0 Å². The number of nitrogens with zero attached hydrogens (tertiary/aromatic N) is 1. The maximum absolute atomic E-state index is 5.93. The van der Waals surface area contributed by atoms with Gasteiger partial charge in [-0.2, -0.15) is 0 Å². The molecule has 1 aliphatic heterocycles. The maximum Gasteiger partial charge on any atom is 0.0255 e. The van der Waals surface area contributed by atoms with Crippen molar-refractivity contribution in [2.24, 2.45) is 5.73 Å². The molecular weight excluding hydrogens is 136 g/mol. The number of hydrogen-bond donors (Lipinski definition) is 1. The molecular formula is C9H22N2. The highest BCUT2D eigenvalue weighted by Gasteiger charge is 2.23. The van der Waals surface area contributed by atoms with Gasteiger partial charge in [-0.05, 0) is 33.4 Å². The summed E-state index contributed by atoms with van der Waals surface area (Å²) >= 11 is 0. The van der Waals surface area contributed by atoms with Crippen molar-refractivity contribution in [1.29, 1.82) is 0 Å². The van der Waals surface area contributed by atoms with Gasteiger partial charge in [0, 0.05) is 12.1 Å². The molecule has 1 aliphatic rings. The molecule has 0 aromatic rings. The van der Waals surface area contributed by atoms with Crippen molar-refractivity contribution in [3.63, 3.8) is 0 Å². The minimum Gasteiger partial charge on any atom is -0.324 e. The van der Waals surface area contributed by atoms with Crippen molar-refractivity contribution in [1.82, 2.24) is 4.90 Å². The van der Waals surface area contributed by atoms with Gasteiger partial charge in [0.25, 0.3) is 0 Å². The number of hydrogen-bond acceptors (Lipinski definition) is 2. The second kappa shape index (κ2) is 4.73. The van der Waals surface area contributed by atoms with E-state index in [1.807, 2.05) is 13.8 Å². The normalized spacial score (nSPS) is 32.5. The van der Waals surface area contributed by atoms with Gasteiger partial charge >= 0.3 is 0 Å². The van der Waals surface area contributed by atoms with Crippen LogP contribution in [0.2, 0.25) is 0 Å². The molecule has 1 unspecified atom stereocenters. The lowest BCUT2D eigenvalue weighted by molar-refractivity contribution is 0.192. The van der Waals surface area contributed by atoms with Gasteiger partial charge in [0.15, 0.2) is 0 Å². The summed E-state index contributed by atoms with van der Waals surface area (Å²) in [5.74, 6) is 0. The first kappa shape index (κ1) is 10.9. The van der Waals surface area contributed by atoms with E-state index < -0.39 is 0 Å². The summed E-state index contributed by atoms with van der Waals surface area (Å²) in [6.45, 7) is 8.39. The molecule has 1 heterocycles. The van der Waals surface area contributed by atoms with Crippen LogP contribution in [0.25, 0.3) is 0 Å². The highest BCUT2D eigenvalue weighted by atomic mass is 15.1. The van der Waals surface area contributed by atoms with E-state index in [4.69, 9.17) is 5.73 Å². The van der Waals surface area contributed by atoms with Crippen LogP contribution >= 0.6 is 0 Å². The third kappa shape index (κ3) is 4.38.